The summed E-state index contributed by atoms with van der Waals surface area (Å²) in [4.78, 5) is 18.8. The fourth-order valence-electron chi connectivity index (χ4n) is 3.50. The van der Waals surface area contributed by atoms with E-state index in [2.05, 4.69) is 10.6 Å². The Morgan fingerprint density at radius 3 is 2.90 bits per heavy atom. The number of amides is 1. The van der Waals surface area contributed by atoms with Crippen molar-refractivity contribution in [1.82, 2.24) is 15.5 Å². The van der Waals surface area contributed by atoms with Gasteiger partial charge in [0, 0.05) is 38.0 Å². The fraction of sp³-hybridized carbons (Fsp3) is 0.619. The van der Waals surface area contributed by atoms with Crippen molar-refractivity contribution in [3.8, 4) is 11.5 Å². The standard InChI is InChI=1S/C21H31ClN4O3/c1-4-23-21(25-16-6-7-26(13-16)20(27)14(2)3)24-12-15-10-17(22)19-18(11-15)28-8-5-9-29-19/h10-11,14,16H,4-9,12-13H2,1-3H3,(H2,23,24,25). The number of likely N-dealkylation sites (tertiary alicyclic amines) is 1. The molecule has 7 nitrogen and oxygen atoms in total. The molecule has 2 N–H and O–H groups in total. The SMILES string of the molecule is CCNC(=NCc1cc(Cl)c2c(c1)OCCCO2)NC1CCN(C(=O)C(C)C)C1. The van der Waals surface area contributed by atoms with Crippen LogP contribution >= 0.6 is 11.6 Å². The minimum Gasteiger partial charge on any atom is -0.489 e. The Hall–Kier alpha value is -2.15. The minimum atomic E-state index is 0.0276. The maximum Gasteiger partial charge on any atom is 0.225 e. The predicted octanol–water partition coefficient (Wildman–Crippen LogP) is 2.81. The van der Waals surface area contributed by atoms with E-state index in [-0.39, 0.29) is 17.9 Å². The fourth-order valence-corrected chi connectivity index (χ4v) is 3.79. The van der Waals surface area contributed by atoms with E-state index in [0.717, 1.165) is 37.5 Å². The van der Waals surface area contributed by atoms with Crippen molar-refractivity contribution in [2.24, 2.45) is 10.9 Å². The zero-order valence-corrected chi connectivity index (χ0v) is 18.2. The first-order valence-electron chi connectivity index (χ1n) is 10.4. The highest BCUT2D eigenvalue weighted by Gasteiger charge is 2.28. The quantitative estimate of drug-likeness (QED) is 0.563. The van der Waals surface area contributed by atoms with Gasteiger partial charge in [-0.1, -0.05) is 25.4 Å². The Labute approximate surface area is 177 Å². The normalized spacial score (nSPS) is 19.3. The van der Waals surface area contributed by atoms with Crippen LogP contribution in [-0.4, -0.2) is 55.7 Å². The molecular formula is C21H31ClN4O3. The Morgan fingerprint density at radius 1 is 1.34 bits per heavy atom. The molecule has 160 valence electrons. The third-order valence-electron chi connectivity index (χ3n) is 4.96. The molecule has 0 spiro atoms. The lowest BCUT2D eigenvalue weighted by molar-refractivity contribution is -0.133. The number of hydrogen-bond acceptors (Lipinski definition) is 4. The van der Waals surface area contributed by atoms with Crippen LogP contribution in [0, 0.1) is 5.92 Å². The Morgan fingerprint density at radius 2 is 2.14 bits per heavy atom. The Bertz CT molecular complexity index is 754. The average Bonchev–Trinajstić information content (AvgIpc) is 3.01. The van der Waals surface area contributed by atoms with Crippen LogP contribution in [-0.2, 0) is 11.3 Å². The van der Waals surface area contributed by atoms with E-state index >= 15 is 0 Å². The third kappa shape index (κ3) is 5.69. The molecule has 29 heavy (non-hydrogen) atoms. The van der Waals surface area contributed by atoms with Crippen molar-refractivity contribution < 1.29 is 14.3 Å². The largest absolute Gasteiger partial charge is 0.489 e. The van der Waals surface area contributed by atoms with Gasteiger partial charge in [-0.05, 0) is 31.0 Å². The highest BCUT2D eigenvalue weighted by molar-refractivity contribution is 6.32. The van der Waals surface area contributed by atoms with Crippen molar-refractivity contribution in [3.05, 3.63) is 22.7 Å². The first-order valence-corrected chi connectivity index (χ1v) is 10.8. The van der Waals surface area contributed by atoms with E-state index in [1.165, 1.54) is 0 Å². The number of nitrogens with one attached hydrogen (secondary N) is 2. The average molecular weight is 423 g/mol. The van der Waals surface area contributed by atoms with Gasteiger partial charge in [0.2, 0.25) is 5.91 Å². The molecule has 1 aromatic rings. The monoisotopic (exact) mass is 422 g/mol. The van der Waals surface area contributed by atoms with E-state index in [0.29, 0.717) is 42.8 Å². The highest BCUT2D eigenvalue weighted by Crippen LogP contribution is 2.38. The first kappa shape index (κ1) is 21.6. The lowest BCUT2D eigenvalue weighted by atomic mass is 10.2. The van der Waals surface area contributed by atoms with Gasteiger partial charge in [0.1, 0.15) is 0 Å². The number of nitrogens with zero attached hydrogens (tertiary/aromatic N) is 2. The molecule has 8 heteroatoms. The van der Waals surface area contributed by atoms with Gasteiger partial charge >= 0.3 is 0 Å². The van der Waals surface area contributed by atoms with E-state index in [1.807, 2.05) is 37.8 Å². The van der Waals surface area contributed by atoms with E-state index in [1.54, 1.807) is 0 Å². The number of carbonyl (C=O) groups excluding carboxylic acids is 1. The molecule has 3 rings (SSSR count). The van der Waals surface area contributed by atoms with Crippen molar-refractivity contribution in [1.29, 1.82) is 0 Å². The smallest absolute Gasteiger partial charge is 0.225 e. The van der Waals surface area contributed by atoms with Crippen LogP contribution in [0.4, 0.5) is 0 Å². The molecule has 0 aliphatic carbocycles. The molecule has 1 aromatic carbocycles. The van der Waals surface area contributed by atoms with Crippen molar-refractivity contribution in [2.45, 2.75) is 46.2 Å². The number of hydrogen-bond donors (Lipinski definition) is 2. The van der Waals surface area contributed by atoms with Gasteiger partial charge in [-0.25, -0.2) is 4.99 Å². The first-order chi connectivity index (χ1) is 14.0. The van der Waals surface area contributed by atoms with Crippen LogP contribution < -0.4 is 20.1 Å². The molecule has 0 bridgehead atoms. The number of fused-ring (bicyclic) bond motifs is 1. The maximum atomic E-state index is 12.2. The molecule has 0 saturated carbocycles. The highest BCUT2D eigenvalue weighted by atomic mass is 35.5. The molecule has 1 saturated heterocycles. The number of carbonyl (C=O) groups is 1. The molecule has 2 heterocycles. The zero-order chi connectivity index (χ0) is 20.8. The molecule has 2 aliphatic rings. The summed E-state index contributed by atoms with van der Waals surface area (Å²) in [6, 6.07) is 4.02. The lowest BCUT2D eigenvalue weighted by Crippen LogP contribution is -2.45. The van der Waals surface area contributed by atoms with Crippen molar-refractivity contribution in [3.63, 3.8) is 0 Å². The summed E-state index contributed by atoms with van der Waals surface area (Å²) in [7, 11) is 0. The molecule has 1 fully saturated rings. The molecule has 1 atom stereocenters. The van der Waals surface area contributed by atoms with Gasteiger partial charge in [-0.15, -0.1) is 0 Å². The van der Waals surface area contributed by atoms with Gasteiger partial charge in [0.25, 0.3) is 0 Å². The summed E-state index contributed by atoms with van der Waals surface area (Å²) in [5, 5.41) is 7.28. The second kappa shape index (κ2) is 10.1. The van der Waals surface area contributed by atoms with Crippen molar-refractivity contribution >= 4 is 23.5 Å². The summed E-state index contributed by atoms with van der Waals surface area (Å²) in [5.41, 5.74) is 0.958. The van der Waals surface area contributed by atoms with Crippen LogP contribution in [0.15, 0.2) is 17.1 Å². The number of benzene rings is 1. The molecular weight excluding hydrogens is 392 g/mol. The van der Waals surface area contributed by atoms with Gasteiger partial charge in [0.15, 0.2) is 17.5 Å². The van der Waals surface area contributed by atoms with Gasteiger partial charge in [-0.3, -0.25) is 4.79 Å². The zero-order valence-electron chi connectivity index (χ0n) is 17.5. The van der Waals surface area contributed by atoms with Gasteiger partial charge in [0.05, 0.1) is 24.8 Å². The molecule has 1 unspecified atom stereocenters. The molecule has 0 aromatic heterocycles. The van der Waals surface area contributed by atoms with Gasteiger partial charge in [-0.2, -0.15) is 0 Å². The summed E-state index contributed by atoms with van der Waals surface area (Å²) in [6.45, 7) is 9.85. The second-order valence-corrected chi connectivity index (χ2v) is 8.13. The second-order valence-electron chi connectivity index (χ2n) is 7.72. The minimum absolute atomic E-state index is 0.0276. The molecule has 1 amide bonds. The Balaban J connectivity index is 1.65. The number of aliphatic imine (C=N–C) groups is 1. The van der Waals surface area contributed by atoms with Crippen LogP contribution in [0.1, 0.15) is 39.2 Å². The predicted molar refractivity (Wildman–Crippen MR) is 115 cm³/mol. The van der Waals surface area contributed by atoms with E-state index < -0.39 is 0 Å². The maximum absolute atomic E-state index is 12.2. The van der Waals surface area contributed by atoms with E-state index in [4.69, 9.17) is 26.1 Å². The third-order valence-corrected chi connectivity index (χ3v) is 5.24. The summed E-state index contributed by atoms with van der Waals surface area (Å²) in [5.74, 6) is 2.26. The van der Waals surface area contributed by atoms with Crippen LogP contribution in [0.2, 0.25) is 5.02 Å². The topological polar surface area (TPSA) is 75.2 Å². The summed E-state index contributed by atoms with van der Waals surface area (Å²) < 4.78 is 11.4. The summed E-state index contributed by atoms with van der Waals surface area (Å²) >= 11 is 6.38. The van der Waals surface area contributed by atoms with Gasteiger partial charge < -0.3 is 25.0 Å². The molecule has 2 aliphatic heterocycles. The van der Waals surface area contributed by atoms with Crippen LogP contribution in [0.25, 0.3) is 0 Å². The van der Waals surface area contributed by atoms with E-state index in [9.17, 15) is 4.79 Å². The Kier molecular flexibility index (Phi) is 7.47. The lowest BCUT2D eigenvalue weighted by Gasteiger charge is -2.20. The number of ether oxygens (including phenoxy) is 2. The number of halogens is 1. The number of guanidine groups is 1. The summed E-state index contributed by atoms with van der Waals surface area (Å²) in [6.07, 6.45) is 1.75. The number of rotatable bonds is 5. The van der Waals surface area contributed by atoms with Crippen molar-refractivity contribution in [2.75, 3.05) is 32.8 Å². The van der Waals surface area contributed by atoms with Crippen LogP contribution in [0.5, 0.6) is 11.5 Å². The van der Waals surface area contributed by atoms with Crippen LogP contribution in [0.3, 0.4) is 0 Å². The molecule has 0 radical (unpaired) electrons.